The molecule has 9 heteroatoms. The second-order valence-corrected chi connectivity index (χ2v) is 8.60. The van der Waals surface area contributed by atoms with Crippen molar-refractivity contribution in [1.82, 2.24) is 25.0 Å². The zero-order chi connectivity index (χ0) is 20.9. The third-order valence-corrected chi connectivity index (χ3v) is 6.78. The molecule has 2 unspecified atom stereocenters. The van der Waals surface area contributed by atoms with Crippen LogP contribution in [-0.2, 0) is 36.9 Å². The lowest BCUT2D eigenvalue weighted by atomic mass is 9.99. The Morgan fingerprint density at radius 3 is 2.80 bits per heavy atom. The van der Waals surface area contributed by atoms with Crippen LogP contribution in [0.25, 0.3) is 0 Å². The zero-order valence-electron chi connectivity index (χ0n) is 16.6. The predicted octanol–water partition coefficient (Wildman–Crippen LogP) is 2.94. The van der Waals surface area contributed by atoms with E-state index in [1.807, 2.05) is 6.20 Å². The van der Waals surface area contributed by atoms with E-state index in [1.165, 1.54) is 11.3 Å². The Balaban J connectivity index is 1.23. The summed E-state index contributed by atoms with van der Waals surface area (Å²) in [6.45, 7) is 2.56. The van der Waals surface area contributed by atoms with Crippen LogP contribution in [0.1, 0.15) is 47.3 Å². The maximum Gasteiger partial charge on any atom is 0.417 e. The Bertz CT molecular complexity index is 956. The van der Waals surface area contributed by atoms with E-state index in [0.717, 1.165) is 51.0 Å². The number of nitrogens with zero attached hydrogens (tertiary/aromatic N) is 4. The summed E-state index contributed by atoms with van der Waals surface area (Å²) in [4.78, 5) is 21.3. The molecule has 1 aliphatic carbocycles. The summed E-state index contributed by atoms with van der Waals surface area (Å²) in [5, 5.41) is 7.17. The summed E-state index contributed by atoms with van der Waals surface area (Å²) in [6, 6.07) is 1.52. The first-order valence-corrected chi connectivity index (χ1v) is 10.5. The summed E-state index contributed by atoms with van der Waals surface area (Å²) < 4.78 is 39.1. The standard InChI is InChI=1S/C21H24F3N5O/c22-21(23,24)16-7-14-11-29(6-3-18(14)25-10-16)20(30)13-1-2-17(8-13)28-5-4-19-15(12-28)9-26-27-19/h7,9-10,13,17H,1-6,8,11-12H2,(H,26,27). The van der Waals surface area contributed by atoms with Crippen LogP contribution < -0.4 is 0 Å². The predicted molar refractivity (Wildman–Crippen MR) is 102 cm³/mol. The van der Waals surface area contributed by atoms with Crippen LogP contribution in [-0.4, -0.2) is 50.0 Å². The van der Waals surface area contributed by atoms with Crippen molar-refractivity contribution in [2.24, 2.45) is 5.92 Å². The van der Waals surface area contributed by atoms with Crippen LogP contribution >= 0.6 is 0 Å². The average molecular weight is 419 g/mol. The molecule has 3 aliphatic rings. The lowest BCUT2D eigenvalue weighted by Crippen LogP contribution is -2.41. The molecule has 1 fully saturated rings. The van der Waals surface area contributed by atoms with Gasteiger partial charge in [-0.05, 0) is 30.9 Å². The van der Waals surface area contributed by atoms with E-state index in [4.69, 9.17) is 0 Å². The second kappa shape index (κ2) is 7.37. The first kappa shape index (κ1) is 19.5. The number of carbonyl (C=O) groups is 1. The highest BCUT2D eigenvalue weighted by Gasteiger charge is 2.38. The first-order chi connectivity index (χ1) is 14.4. The van der Waals surface area contributed by atoms with Gasteiger partial charge in [0.05, 0.1) is 11.8 Å². The van der Waals surface area contributed by atoms with E-state index in [1.54, 1.807) is 4.90 Å². The zero-order valence-corrected chi connectivity index (χ0v) is 16.6. The number of rotatable bonds is 2. The minimum absolute atomic E-state index is 0.0546. The molecule has 160 valence electrons. The third-order valence-electron chi connectivity index (χ3n) is 6.78. The molecule has 5 rings (SSSR count). The van der Waals surface area contributed by atoms with Crippen LogP contribution in [0.5, 0.6) is 0 Å². The van der Waals surface area contributed by atoms with Crippen molar-refractivity contribution in [2.75, 3.05) is 13.1 Å². The number of H-pyrrole nitrogens is 1. The summed E-state index contributed by atoms with van der Waals surface area (Å²) >= 11 is 0. The van der Waals surface area contributed by atoms with Crippen molar-refractivity contribution < 1.29 is 18.0 Å². The van der Waals surface area contributed by atoms with Crippen LogP contribution in [0, 0.1) is 5.92 Å². The molecule has 0 spiro atoms. The van der Waals surface area contributed by atoms with Crippen LogP contribution in [0.15, 0.2) is 18.5 Å². The van der Waals surface area contributed by atoms with Crippen molar-refractivity contribution in [3.05, 3.63) is 46.5 Å². The van der Waals surface area contributed by atoms with E-state index in [2.05, 4.69) is 20.1 Å². The molecule has 30 heavy (non-hydrogen) atoms. The number of fused-ring (bicyclic) bond motifs is 2. The Morgan fingerprint density at radius 2 is 1.97 bits per heavy atom. The van der Waals surface area contributed by atoms with E-state index >= 15 is 0 Å². The van der Waals surface area contributed by atoms with Gasteiger partial charge in [0, 0.05) is 74.1 Å². The molecule has 0 aromatic carbocycles. The van der Waals surface area contributed by atoms with Crippen molar-refractivity contribution in [1.29, 1.82) is 0 Å². The smallest absolute Gasteiger partial charge is 0.338 e. The molecule has 1 N–H and O–H groups in total. The SMILES string of the molecule is O=C(C1CCC(N2CCc3[nH]ncc3C2)C1)N1CCc2ncc(C(F)(F)F)cc2C1. The van der Waals surface area contributed by atoms with Crippen molar-refractivity contribution in [3.8, 4) is 0 Å². The van der Waals surface area contributed by atoms with Crippen LogP contribution in [0.2, 0.25) is 0 Å². The molecular formula is C21H24F3N5O. The van der Waals surface area contributed by atoms with E-state index in [0.29, 0.717) is 30.3 Å². The largest absolute Gasteiger partial charge is 0.417 e. The highest BCUT2D eigenvalue weighted by molar-refractivity contribution is 5.79. The molecule has 2 aromatic rings. The summed E-state index contributed by atoms with van der Waals surface area (Å²) in [7, 11) is 0. The molecule has 2 atom stereocenters. The summed E-state index contributed by atoms with van der Waals surface area (Å²) in [6.07, 6.45) is 2.44. The average Bonchev–Trinajstić information content (AvgIpc) is 3.40. The number of hydrogen-bond acceptors (Lipinski definition) is 4. The lowest BCUT2D eigenvalue weighted by molar-refractivity contribution is -0.137. The molecule has 6 nitrogen and oxygen atoms in total. The number of pyridine rings is 1. The maximum absolute atomic E-state index is 13.1. The van der Waals surface area contributed by atoms with E-state index in [9.17, 15) is 18.0 Å². The highest BCUT2D eigenvalue weighted by Crippen LogP contribution is 2.35. The van der Waals surface area contributed by atoms with Gasteiger partial charge in [0.15, 0.2) is 0 Å². The Kier molecular flexibility index (Phi) is 4.80. The van der Waals surface area contributed by atoms with Gasteiger partial charge in [0.2, 0.25) is 5.91 Å². The van der Waals surface area contributed by atoms with Crippen molar-refractivity contribution in [3.63, 3.8) is 0 Å². The second-order valence-electron chi connectivity index (χ2n) is 8.60. The van der Waals surface area contributed by atoms with E-state index < -0.39 is 11.7 Å². The third kappa shape index (κ3) is 3.59. The van der Waals surface area contributed by atoms with Crippen molar-refractivity contribution in [2.45, 2.75) is 57.4 Å². The number of aromatic amines is 1. The van der Waals surface area contributed by atoms with Gasteiger partial charge in [-0.3, -0.25) is 19.8 Å². The monoisotopic (exact) mass is 419 g/mol. The first-order valence-electron chi connectivity index (χ1n) is 10.5. The number of nitrogens with one attached hydrogen (secondary N) is 1. The minimum atomic E-state index is -4.42. The lowest BCUT2D eigenvalue weighted by Gasteiger charge is -2.33. The molecule has 0 radical (unpaired) electrons. The molecule has 0 saturated heterocycles. The Hall–Kier alpha value is -2.42. The highest BCUT2D eigenvalue weighted by atomic mass is 19.4. The van der Waals surface area contributed by atoms with Gasteiger partial charge < -0.3 is 4.90 Å². The Labute approximate surface area is 172 Å². The van der Waals surface area contributed by atoms with Gasteiger partial charge in [-0.25, -0.2) is 0 Å². The number of alkyl halides is 3. The molecule has 0 bridgehead atoms. The van der Waals surface area contributed by atoms with Gasteiger partial charge >= 0.3 is 6.18 Å². The van der Waals surface area contributed by atoms with Gasteiger partial charge in [0.1, 0.15) is 0 Å². The minimum Gasteiger partial charge on any atom is -0.338 e. The molecule has 2 aliphatic heterocycles. The van der Waals surface area contributed by atoms with Crippen LogP contribution in [0.4, 0.5) is 13.2 Å². The number of hydrogen-bond donors (Lipinski definition) is 1. The van der Waals surface area contributed by atoms with E-state index in [-0.39, 0.29) is 18.4 Å². The molecule has 2 aromatic heterocycles. The maximum atomic E-state index is 13.1. The fourth-order valence-electron chi connectivity index (χ4n) is 5.10. The molecule has 1 saturated carbocycles. The van der Waals surface area contributed by atoms with Gasteiger partial charge in [-0.15, -0.1) is 0 Å². The number of carbonyl (C=O) groups excluding carboxylic acids is 1. The van der Waals surface area contributed by atoms with Gasteiger partial charge in [-0.2, -0.15) is 18.3 Å². The van der Waals surface area contributed by atoms with Gasteiger partial charge in [0.25, 0.3) is 0 Å². The van der Waals surface area contributed by atoms with Gasteiger partial charge in [-0.1, -0.05) is 0 Å². The quantitative estimate of drug-likeness (QED) is 0.813. The normalized spacial score (nSPS) is 24.6. The topological polar surface area (TPSA) is 65.1 Å². The Morgan fingerprint density at radius 1 is 1.10 bits per heavy atom. The fraction of sp³-hybridized carbons (Fsp3) is 0.571. The molecule has 4 heterocycles. The summed E-state index contributed by atoms with van der Waals surface area (Å²) in [5.41, 5.74) is 2.87. The fourth-order valence-corrected chi connectivity index (χ4v) is 5.10. The summed E-state index contributed by atoms with van der Waals surface area (Å²) in [5.74, 6) is 0.0163. The number of aromatic nitrogens is 3. The number of halogens is 3. The van der Waals surface area contributed by atoms with Crippen LogP contribution in [0.3, 0.4) is 0 Å². The molecule has 1 amide bonds. The number of amides is 1. The van der Waals surface area contributed by atoms with Crippen molar-refractivity contribution >= 4 is 5.91 Å². The molecular weight excluding hydrogens is 395 g/mol.